The van der Waals surface area contributed by atoms with Crippen LogP contribution in [0.2, 0.25) is 0 Å². The van der Waals surface area contributed by atoms with Crippen molar-refractivity contribution >= 4 is 11.6 Å². The van der Waals surface area contributed by atoms with E-state index < -0.39 is 0 Å². The summed E-state index contributed by atoms with van der Waals surface area (Å²) in [5.74, 6) is 0.936. The number of aromatic nitrogens is 4. The molecular formula is C8H9ClN4O. The third-order valence-electron chi connectivity index (χ3n) is 1.75. The quantitative estimate of drug-likeness (QED) is 0.712. The molecule has 14 heavy (non-hydrogen) atoms. The molecule has 0 spiro atoms. The molecule has 2 aromatic rings. The molecule has 6 heteroatoms. The van der Waals surface area contributed by atoms with Crippen molar-refractivity contribution in [3.8, 4) is 11.4 Å². The average molecular weight is 213 g/mol. The fourth-order valence-electron chi connectivity index (χ4n) is 1.05. The molecule has 2 rings (SSSR count). The molecule has 0 aliphatic carbocycles. The Bertz CT molecular complexity index is 434. The van der Waals surface area contributed by atoms with Gasteiger partial charge in [0.2, 0.25) is 11.7 Å². The van der Waals surface area contributed by atoms with Crippen LogP contribution in [0, 0.1) is 0 Å². The molecule has 0 fully saturated rings. The molecule has 0 aliphatic rings. The molecule has 0 amide bonds. The molecule has 1 atom stereocenters. The second kappa shape index (κ2) is 3.42. The topological polar surface area (TPSA) is 56.7 Å². The van der Waals surface area contributed by atoms with Gasteiger partial charge in [0.05, 0.1) is 11.8 Å². The lowest BCUT2D eigenvalue weighted by Gasteiger charge is -1.89. The molecular weight excluding hydrogens is 204 g/mol. The van der Waals surface area contributed by atoms with E-state index in [9.17, 15) is 0 Å². The fraction of sp³-hybridized carbons (Fsp3) is 0.375. The molecule has 74 valence electrons. The van der Waals surface area contributed by atoms with Crippen LogP contribution in [0.5, 0.6) is 0 Å². The molecule has 5 nitrogen and oxygen atoms in total. The normalized spacial score (nSPS) is 13.1. The van der Waals surface area contributed by atoms with Crippen LogP contribution < -0.4 is 0 Å². The summed E-state index contributed by atoms with van der Waals surface area (Å²) in [6.07, 6.45) is 3.49. The van der Waals surface area contributed by atoms with Crippen LogP contribution in [0.15, 0.2) is 16.9 Å². The Morgan fingerprint density at radius 1 is 1.57 bits per heavy atom. The van der Waals surface area contributed by atoms with E-state index in [1.165, 1.54) is 0 Å². The Hall–Kier alpha value is -1.36. The van der Waals surface area contributed by atoms with Gasteiger partial charge in [-0.05, 0) is 6.92 Å². The van der Waals surface area contributed by atoms with Crippen molar-refractivity contribution in [1.29, 1.82) is 0 Å². The molecule has 0 bridgehead atoms. The molecule has 0 N–H and O–H groups in total. The van der Waals surface area contributed by atoms with Crippen LogP contribution in [-0.2, 0) is 7.05 Å². The van der Waals surface area contributed by atoms with Gasteiger partial charge < -0.3 is 4.52 Å². The lowest BCUT2D eigenvalue weighted by atomic mass is 10.3. The first kappa shape index (κ1) is 9.21. The Balaban J connectivity index is 2.33. The number of hydrogen-bond donors (Lipinski definition) is 0. The number of halogens is 1. The fourth-order valence-corrected chi connectivity index (χ4v) is 1.14. The van der Waals surface area contributed by atoms with Gasteiger partial charge in [-0.3, -0.25) is 4.68 Å². The summed E-state index contributed by atoms with van der Waals surface area (Å²) in [5, 5.41) is 7.54. The van der Waals surface area contributed by atoms with Gasteiger partial charge >= 0.3 is 0 Å². The SMILES string of the molecule is CC(Cl)c1nc(-c2cnn(C)c2)no1. The summed E-state index contributed by atoms with van der Waals surface area (Å²) in [4.78, 5) is 4.13. The van der Waals surface area contributed by atoms with Crippen LogP contribution in [-0.4, -0.2) is 19.9 Å². The number of alkyl halides is 1. The summed E-state index contributed by atoms with van der Waals surface area (Å²) < 4.78 is 6.64. The maximum atomic E-state index is 5.79. The number of rotatable bonds is 2. The van der Waals surface area contributed by atoms with Crippen LogP contribution in [0.25, 0.3) is 11.4 Å². The van der Waals surface area contributed by atoms with Crippen molar-refractivity contribution in [2.24, 2.45) is 7.05 Å². The molecule has 0 saturated carbocycles. The number of nitrogens with zero attached hydrogens (tertiary/aromatic N) is 4. The largest absolute Gasteiger partial charge is 0.337 e. The van der Waals surface area contributed by atoms with E-state index in [0.717, 1.165) is 5.56 Å². The third kappa shape index (κ3) is 1.63. The van der Waals surface area contributed by atoms with Gasteiger partial charge in [-0.2, -0.15) is 10.1 Å². The highest BCUT2D eigenvalue weighted by atomic mass is 35.5. The van der Waals surface area contributed by atoms with Crippen molar-refractivity contribution in [3.63, 3.8) is 0 Å². The average Bonchev–Trinajstić information content (AvgIpc) is 2.70. The van der Waals surface area contributed by atoms with Crippen LogP contribution in [0.4, 0.5) is 0 Å². The summed E-state index contributed by atoms with van der Waals surface area (Å²) in [7, 11) is 1.83. The van der Waals surface area contributed by atoms with Gasteiger partial charge in [0.1, 0.15) is 5.38 Å². The minimum absolute atomic E-state index is 0.270. The molecule has 1 unspecified atom stereocenters. The zero-order chi connectivity index (χ0) is 10.1. The highest BCUT2D eigenvalue weighted by molar-refractivity contribution is 6.20. The maximum Gasteiger partial charge on any atom is 0.244 e. The summed E-state index contributed by atoms with van der Waals surface area (Å²) in [6.45, 7) is 1.78. The third-order valence-corrected chi connectivity index (χ3v) is 1.93. The Morgan fingerprint density at radius 2 is 2.36 bits per heavy atom. The zero-order valence-electron chi connectivity index (χ0n) is 7.81. The second-order valence-corrected chi connectivity index (χ2v) is 3.63. The predicted octanol–water partition coefficient (Wildman–Crippen LogP) is 1.77. The number of hydrogen-bond acceptors (Lipinski definition) is 4. The molecule has 2 aromatic heterocycles. The van der Waals surface area contributed by atoms with Gasteiger partial charge in [-0.15, -0.1) is 11.6 Å². The standard InChI is InChI=1S/C8H9ClN4O/c1-5(9)8-11-7(12-14-8)6-3-10-13(2)4-6/h3-5H,1-2H3. The zero-order valence-corrected chi connectivity index (χ0v) is 8.56. The van der Waals surface area contributed by atoms with Crippen molar-refractivity contribution < 1.29 is 4.52 Å². The lowest BCUT2D eigenvalue weighted by Crippen LogP contribution is -1.85. The van der Waals surface area contributed by atoms with Gasteiger partial charge in [0.25, 0.3) is 0 Å². The Labute approximate surface area is 85.7 Å². The Morgan fingerprint density at radius 3 is 2.86 bits per heavy atom. The first-order chi connectivity index (χ1) is 6.66. The van der Waals surface area contributed by atoms with E-state index >= 15 is 0 Å². The van der Waals surface area contributed by atoms with E-state index in [-0.39, 0.29) is 5.38 Å². The maximum absolute atomic E-state index is 5.79. The number of aryl methyl sites for hydroxylation is 1. The van der Waals surface area contributed by atoms with Gasteiger partial charge in [0.15, 0.2) is 0 Å². The lowest BCUT2D eigenvalue weighted by molar-refractivity contribution is 0.379. The molecule has 0 radical (unpaired) electrons. The first-order valence-corrected chi connectivity index (χ1v) is 4.57. The Kier molecular flexibility index (Phi) is 2.25. The van der Waals surface area contributed by atoms with Crippen molar-refractivity contribution in [3.05, 3.63) is 18.3 Å². The smallest absolute Gasteiger partial charge is 0.244 e. The molecule has 0 aliphatic heterocycles. The van der Waals surface area contributed by atoms with Crippen molar-refractivity contribution in [2.75, 3.05) is 0 Å². The van der Waals surface area contributed by atoms with Gasteiger partial charge in [-0.1, -0.05) is 5.16 Å². The van der Waals surface area contributed by atoms with Crippen molar-refractivity contribution in [2.45, 2.75) is 12.3 Å². The van der Waals surface area contributed by atoms with Crippen LogP contribution in [0.3, 0.4) is 0 Å². The highest BCUT2D eigenvalue weighted by Crippen LogP contribution is 2.20. The van der Waals surface area contributed by atoms with E-state index in [1.807, 2.05) is 13.2 Å². The summed E-state index contributed by atoms with van der Waals surface area (Å²) in [6, 6.07) is 0. The van der Waals surface area contributed by atoms with E-state index in [1.54, 1.807) is 17.8 Å². The van der Waals surface area contributed by atoms with E-state index in [2.05, 4.69) is 15.2 Å². The van der Waals surface area contributed by atoms with Crippen LogP contribution in [0.1, 0.15) is 18.2 Å². The molecule has 0 saturated heterocycles. The van der Waals surface area contributed by atoms with E-state index in [0.29, 0.717) is 11.7 Å². The minimum Gasteiger partial charge on any atom is -0.337 e. The van der Waals surface area contributed by atoms with Crippen LogP contribution >= 0.6 is 11.6 Å². The summed E-state index contributed by atoms with van der Waals surface area (Å²) in [5.41, 5.74) is 0.819. The molecule has 0 aromatic carbocycles. The second-order valence-electron chi connectivity index (χ2n) is 2.97. The highest BCUT2D eigenvalue weighted by Gasteiger charge is 2.13. The first-order valence-electron chi connectivity index (χ1n) is 4.13. The summed E-state index contributed by atoms with van der Waals surface area (Å²) >= 11 is 5.79. The van der Waals surface area contributed by atoms with E-state index in [4.69, 9.17) is 16.1 Å². The minimum atomic E-state index is -0.270. The molecule has 2 heterocycles. The van der Waals surface area contributed by atoms with Crippen molar-refractivity contribution in [1.82, 2.24) is 19.9 Å². The predicted molar refractivity (Wildman–Crippen MR) is 50.8 cm³/mol. The monoisotopic (exact) mass is 212 g/mol. The van der Waals surface area contributed by atoms with Gasteiger partial charge in [-0.25, -0.2) is 0 Å². The van der Waals surface area contributed by atoms with Gasteiger partial charge in [0, 0.05) is 13.2 Å².